The Morgan fingerprint density at radius 1 is 1.19 bits per heavy atom. The largest absolute Gasteiger partial charge is 0.496 e. The summed E-state index contributed by atoms with van der Waals surface area (Å²) in [4.78, 5) is 5.68. The van der Waals surface area contributed by atoms with Gasteiger partial charge >= 0.3 is 0 Å². The molecule has 0 aliphatic heterocycles. The van der Waals surface area contributed by atoms with E-state index in [1.807, 2.05) is 18.4 Å². The highest BCUT2D eigenvalue weighted by Gasteiger charge is 2.13. The van der Waals surface area contributed by atoms with Crippen LogP contribution in [-0.2, 0) is 11.3 Å². The number of nitrogens with two attached hydrogens (primary N) is 1. The van der Waals surface area contributed by atoms with Crippen LogP contribution < -0.4 is 15.4 Å². The summed E-state index contributed by atoms with van der Waals surface area (Å²) in [5.41, 5.74) is 1.07. The van der Waals surface area contributed by atoms with Gasteiger partial charge in [-0.25, -0.2) is 5.90 Å². The Morgan fingerprint density at radius 2 is 1.81 bits per heavy atom. The highest BCUT2D eigenvalue weighted by molar-refractivity contribution is 7.98. The molecule has 1 aromatic rings. The zero-order valence-corrected chi connectivity index (χ0v) is 10.6. The Balaban J connectivity index is 3.14. The van der Waals surface area contributed by atoms with E-state index in [4.69, 9.17) is 15.4 Å². The maximum absolute atomic E-state index is 5.32. The van der Waals surface area contributed by atoms with Crippen LogP contribution in [0.1, 0.15) is 5.56 Å². The smallest absolute Gasteiger partial charge is 0.132 e. The Morgan fingerprint density at radius 3 is 2.31 bits per heavy atom. The molecule has 0 aliphatic rings. The monoisotopic (exact) mass is 243 g/mol. The minimum Gasteiger partial charge on any atom is -0.496 e. The van der Waals surface area contributed by atoms with Crippen LogP contribution in [0.5, 0.6) is 11.5 Å². The Kier molecular flexibility index (Phi) is 5.45. The van der Waals surface area contributed by atoms with Gasteiger partial charge in [-0.3, -0.25) is 0 Å². The molecule has 0 heterocycles. The van der Waals surface area contributed by atoms with E-state index < -0.39 is 0 Å². The predicted molar refractivity (Wildman–Crippen MR) is 65.2 cm³/mol. The van der Waals surface area contributed by atoms with Crippen molar-refractivity contribution in [1.82, 2.24) is 0 Å². The molecule has 0 amide bonds. The van der Waals surface area contributed by atoms with Crippen LogP contribution in [-0.4, -0.2) is 27.1 Å². The van der Waals surface area contributed by atoms with E-state index in [-0.39, 0.29) is 0 Å². The van der Waals surface area contributed by atoms with Gasteiger partial charge in [0.25, 0.3) is 0 Å². The molecule has 0 spiro atoms. The third kappa shape index (κ3) is 2.81. The van der Waals surface area contributed by atoms with Crippen molar-refractivity contribution in [2.45, 2.75) is 11.3 Å². The quantitative estimate of drug-likeness (QED) is 0.610. The fourth-order valence-electron chi connectivity index (χ4n) is 1.56. The molecule has 0 bridgehead atoms. The zero-order chi connectivity index (χ0) is 12.0. The van der Waals surface area contributed by atoms with Gasteiger partial charge in [0.2, 0.25) is 0 Å². The summed E-state index contributed by atoms with van der Waals surface area (Å²) in [6.45, 7) is 0.455. The molecule has 0 radical (unpaired) electrons. The van der Waals surface area contributed by atoms with Crippen molar-refractivity contribution < 1.29 is 14.3 Å². The molecule has 0 aromatic heterocycles. The molecule has 90 valence electrons. The van der Waals surface area contributed by atoms with E-state index in [2.05, 4.69) is 4.84 Å². The lowest BCUT2D eigenvalue weighted by molar-refractivity contribution is 0.140. The molecule has 0 saturated heterocycles. The first-order valence-corrected chi connectivity index (χ1v) is 6.10. The molecule has 5 heteroatoms. The highest BCUT2D eigenvalue weighted by atomic mass is 32.2. The summed E-state index contributed by atoms with van der Waals surface area (Å²) in [5.74, 6) is 6.73. The molecule has 0 atom stereocenters. The van der Waals surface area contributed by atoms with Crippen molar-refractivity contribution >= 4 is 11.8 Å². The summed E-state index contributed by atoms with van der Waals surface area (Å²) in [6.07, 6.45) is 2.71. The van der Waals surface area contributed by atoms with Gasteiger partial charge in [0.1, 0.15) is 11.5 Å². The predicted octanol–water partition coefficient (Wildman–Crippen LogP) is 1.86. The lowest BCUT2D eigenvalue weighted by atomic mass is 10.1. The van der Waals surface area contributed by atoms with Crippen molar-refractivity contribution in [3.8, 4) is 11.5 Å². The molecule has 1 rings (SSSR count). The summed E-state index contributed by atoms with van der Waals surface area (Å²) in [6, 6.07) is 3.79. The number of benzene rings is 1. The average molecular weight is 243 g/mol. The maximum Gasteiger partial charge on any atom is 0.132 e. The lowest BCUT2D eigenvalue weighted by Crippen LogP contribution is -2.06. The Bertz CT molecular complexity index is 344. The van der Waals surface area contributed by atoms with E-state index in [0.29, 0.717) is 13.0 Å². The van der Waals surface area contributed by atoms with Crippen LogP contribution in [0, 0.1) is 0 Å². The summed E-state index contributed by atoms with van der Waals surface area (Å²) in [5, 5.41) is 0. The van der Waals surface area contributed by atoms with Crippen molar-refractivity contribution in [1.29, 1.82) is 0 Å². The molecule has 4 nitrogen and oxygen atoms in total. The topological polar surface area (TPSA) is 53.7 Å². The zero-order valence-electron chi connectivity index (χ0n) is 9.78. The average Bonchev–Trinajstić information content (AvgIpc) is 2.34. The molecule has 0 fully saturated rings. The molecule has 2 N–H and O–H groups in total. The summed E-state index contributed by atoms with van der Waals surface area (Å²) in [7, 11) is 3.31. The second-order valence-electron chi connectivity index (χ2n) is 3.10. The molecule has 16 heavy (non-hydrogen) atoms. The van der Waals surface area contributed by atoms with Gasteiger partial charge in [0.05, 0.1) is 25.7 Å². The van der Waals surface area contributed by atoms with Gasteiger partial charge in [-0.05, 0) is 18.4 Å². The molecule has 0 aliphatic carbocycles. The standard InChI is InChI=1S/C11H17NO3S/c1-13-9-4-5-10(14-2)11(16-3)8(9)6-7-15-12/h4-5H,6-7,12H2,1-3H3. The fraction of sp³-hybridized carbons (Fsp3) is 0.455. The third-order valence-corrected chi connectivity index (χ3v) is 3.15. The van der Waals surface area contributed by atoms with E-state index >= 15 is 0 Å². The minimum atomic E-state index is 0.455. The van der Waals surface area contributed by atoms with E-state index in [1.165, 1.54) is 0 Å². The highest BCUT2D eigenvalue weighted by Crippen LogP contribution is 2.37. The fourth-order valence-corrected chi connectivity index (χ4v) is 2.36. The molecular weight excluding hydrogens is 226 g/mol. The van der Waals surface area contributed by atoms with Crippen LogP contribution >= 0.6 is 11.8 Å². The number of thioether (sulfide) groups is 1. The molecule has 0 unspecified atom stereocenters. The second-order valence-corrected chi connectivity index (χ2v) is 3.92. The molecule has 1 aromatic carbocycles. The van der Waals surface area contributed by atoms with E-state index in [9.17, 15) is 0 Å². The van der Waals surface area contributed by atoms with Gasteiger partial charge in [0, 0.05) is 12.0 Å². The number of hydrogen-bond donors (Lipinski definition) is 1. The summed E-state index contributed by atoms with van der Waals surface area (Å²) >= 11 is 1.63. The maximum atomic E-state index is 5.32. The van der Waals surface area contributed by atoms with Crippen LogP contribution in [0.15, 0.2) is 17.0 Å². The number of rotatable bonds is 6. The number of hydrogen-bond acceptors (Lipinski definition) is 5. The molecular formula is C11H17NO3S. The van der Waals surface area contributed by atoms with Crippen molar-refractivity contribution in [3.63, 3.8) is 0 Å². The Hall–Kier alpha value is -0.910. The summed E-state index contributed by atoms with van der Waals surface area (Å²) < 4.78 is 10.6. The van der Waals surface area contributed by atoms with E-state index in [0.717, 1.165) is 22.0 Å². The van der Waals surface area contributed by atoms with Gasteiger partial charge in [-0.2, -0.15) is 0 Å². The van der Waals surface area contributed by atoms with Crippen molar-refractivity contribution in [2.75, 3.05) is 27.1 Å². The van der Waals surface area contributed by atoms with Crippen LogP contribution in [0.3, 0.4) is 0 Å². The van der Waals surface area contributed by atoms with Crippen LogP contribution in [0.25, 0.3) is 0 Å². The number of methoxy groups -OCH3 is 2. The third-order valence-electron chi connectivity index (χ3n) is 2.30. The lowest BCUT2D eigenvalue weighted by Gasteiger charge is -2.15. The van der Waals surface area contributed by atoms with Crippen molar-refractivity contribution in [2.24, 2.45) is 5.90 Å². The van der Waals surface area contributed by atoms with Gasteiger partial charge in [-0.1, -0.05) is 0 Å². The van der Waals surface area contributed by atoms with Crippen LogP contribution in [0.2, 0.25) is 0 Å². The first kappa shape index (κ1) is 13.2. The SMILES string of the molecule is COc1ccc(OC)c(SC)c1CCON. The number of ether oxygens (including phenoxy) is 2. The Labute approximate surface area is 100 Å². The van der Waals surface area contributed by atoms with E-state index in [1.54, 1.807) is 26.0 Å². The van der Waals surface area contributed by atoms with Gasteiger partial charge < -0.3 is 14.3 Å². The first-order chi connectivity index (χ1) is 7.78. The minimum absolute atomic E-state index is 0.455. The van der Waals surface area contributed by atoms with Gasteiger partial charge in [0.15, 0.2) is 0 Å². The van der Waals surface area contributed by atoms with Gasteiger partial charge in [-0.15, -0.1) is 11.8 Å². The molecule has 0 saturated carbocycles. The first-order valence-electron chi connectivity index (χ1n) is 4.88. The van der Waals surface area contributed by atoms with Crippen LogP contribution in [0.4, 0.5) is 0 Å². The van der Waals surface area contributed by atoms with Crippen molar-refractivity contribution in [3.05, 3.63) is 17.7 Å². The second kappa shape index (κ2) is 6.62. The normalized spacial score (nSPS) is 10.2.